The number of nitriles is 1. The highest BCUT2D eigenvalue weighted by Gasteiger charge is 2.16. The average Bonchev–Trinajstić information content (AvgIpc) is 2.41. The van der Waals surface area contributed by atoms with Crippen LogP contribution < -0.4 is 4.74 Å². The topological polar surface area (TPSA) is 89.0 Å². The first-order valence-electron chi connectivity index (χ1n) is 5.19. The van der Waals surface area contributed by atoms with Gasteiger partial charge in [-0.05, 0) is 34.1 Å². The smallest absolute Gasteiger partial charge is 0.305 e. The number of benzene rings is 1. The van der Waals surface area contributed by atoms with Crippen LogP contribution in [0.1, 0.15) is 5.69 Å². The highest BCUT2D eigenvalue weighted by atomic mass is 79.9. The Hall–Kier alpha value is -2.17. The lowest BCUT2D eigenvalue weighted by Gasteiger charge is -2.07. The van der Waals surface area contributed by atoms with Crippen molar-refractivity contribution in [3.63, 3.8) is 0 Å². The highest BCUT2D eigenvalue weighted by Crippen LogP contribution is 2.32. The predicted octanol–water partition coefficient (Wildman–Crippen LogP) is 4.07. The molecule has 0 saturated carbocycles. The zero-order valence-electron chi connectivity index (χ0n) is 9.71. The number of aromatic nitrogens is 1. The third kappa shape index (κ3) is 3.04. The zero-order chi connectivity index (χ0) is 14.7. The fourth-order valence-corrected chi connectivity index (χ4v) is 2.15. The Morgan fingerprint density at radius 1 is 1.40 bits per heavy atom. The van der Waals surface area contributed by atoms with Crippen LogP contribution >= 0.6 is 27.5 Å². The number of halogens is 2. The van der Waals surface area contributed by atoms with Crippen molar-refractivity contribution in [2.75, 3.05) is 0 Å². The van der Waals surface area contributed by atoms with Crippen LogP contribution in [0.4, 0.5) is 5.69 Å². The SMILES string of the molecule is N#Cc1nc(Oc2ccc(Cl)cc2Br)ccc1[N+](=O)[O-]. The molecule has 0 bridgehead atoms. The molecule has 100 valence electrons. The zero-order valence-corrected chi connectivity index (χ0v) is 12.1. The van der Waals surface area contributed by atoms with Gasteiger partial charge in [-0.2, -0.15) is 10.2 Å². The van der Waals surface area contributed by atoms with E-state index in [2.05, 4.69) is 20.9 Å². The summed E-state index contributed by atoms with van der Waals surface area (Å²) in [6, 6.07) is 9.02. The second-order valence-electron chi connectivity index (χ2n) is 3.56. The van der Waals surface area contributed by atoms with E-state index in [1.807, 2.05) is 0 Å². The Bertz CT molecular complexity index is 730. The van der Waals surface area contributed by atoms with Gasteiger partial charge in [-0.25, -0.2) is 0 Å². The number of nitrogens with zero attached hydrogens (tertiary/aromatic N) is 3. The Balaban J connectivity index is 2.35. The summed E-state index contributed by atoms with van der Waals surface area (Å²) < 4.78 is 6.05. The molecule has 0 saturated heterocycles. The Kier molecular flexibility index (Phi) is 4.17. The third-order valence-electron chi connectivity index (χ3n) is 2.26. The molecule has 0 N–H and O–H groups in total. The monoisotopic (exact) mass is 353 g/mol. The molecule has 0 fully saturated rings. The molecule has 2 rings (SSSR count). The van der Waals surface area contributed by atoms with E-state index >= 15 is 0 Å². The van der Waals surface area contributed by atoms with Crippen molar-refractivity contribution >= 4 is 33.2 Å². The first-order valence-corrected chi connectivity index (χ1v) is 6.37. The second-order valence-corrected chi connectivity index (χ2v) is 4.85. The molecule has 0 atom stereocenters. The molecule has 0 aliphatic carbocycles. The van der Waals surface area contributed by atoms with Crippen LogP contribution in [0.3, 0.4) is 0 Å². The number of hydrogen-bond donors (Lipinski definition) is 0. The number of rotatable bonds is 3. The summed E-state index contributed by atoms with van der Waals surface area (Å²) in [5, 5.41) is 20.1. The molecule has 20 heavy (non-hydrogen) atoms. The third-order valence-corrected chi connectivity index (χ3v) is 3.11. The molecule has 8 heteroatoms. The van der Waals surface area contributed by atoms with Crippen LogP contribution in [0.15, 0.2) is 34.8 Å². The van der Waals surface area contributed by atoms with Gasteiger partial charge < -0.3 is 4.74 Å². The lowest BCUT2D eigenvalue weighted by atomic mass is 10.3. The van der Waals surface area contributed by atoms with Gasteiger partial charge in [0.05, 0.1) is 9.40 Å². The molecule has 0 aliphatic heterocycles. The van der Waals surface area contributed by atoms with Crippen LogP contribution in [-0.2, 0) is 0 Å². The van der Waals surface area contributed by atoms with Gasteiger partial charge in [-0.15, -0.1) is 0 Å². The molecule has 0 radical (unpaired) electrons. The van der Waals surface area contributed by atoms with Crippen molar-refractivity contribution in [2.45, 2.75) is 0 Å². The predicted molar refractivity (Wildman–Crippen MR) is 74.8 cm³/mol. The second kappa shape index (κ2) is 5.86. The van der Waals surface area contributed by atoms with E-state index in [9.17, 15) is 10.1 Å². The molecule has 6 nitrogen and oxygen atoms in total. The van der Waals surface area contributed by atoms with Crippen molar-refractivity contribution in [1.29, 1.82) is 5.26 Å². The van der Waals surface area contributed by atoms with E-state index in [0.717, 1.165) is 0 Å². The number of ether oxygens (including phenoxy) is 1. The van der Waals surface area contributed by atoms with Crippen molar-refractivity contribution in [3.05, 3.63) is 55.6 Å². The first kappa shape index (κ1) is 14.2. The molecule has 0 aliphatic rings. The van der Waals surface area contributed by atoms with Crippen LogP contribution in [0.25, 0.3) is 0 Å². The summed E-state index contributed by atoms with van der Waals surface area (Å²) in [6.45, 7) is 0. The minimum Gasteiger partial charge on any atom is -0.438 e. The van der Waals surface area contributed by atoms with Gasteiger partial charge in [-0.1, -0.05) is 11.6 Å². The Morgan fingerprint density at radius 2 is 2.15 bits per heavy atom. The summed E-state index contributed by atoms with van der Waals surface area (Å²) in [5.74, 6) is 0.509. The standard InChI is InChI=1S/C12H5BrClN3O3/c13-8-5-7(14)1-3-11(8)20-12-4-2-10(17(18)19)9(6-15)16-12/h1-5H. The molecule has 1 aromatic carbocycles. The molecule has 0 spiro atoms. The molecule has 1 heterocycles. The minimum absolute atomic E-state index is 0.0789. The molecule has 0 unspecified atom stereocenters. The largest absolute Gasteiger partial charge is 0.438 e. The highest BCUT2D eigenvalue weighted by molar-refractivity contribution is 9.10. The Labute approximate surface area is 126 Å². The summed E-state index contributed by atoms with van der Waals surface area (Å²) in [6.07, 6.45) is 0. The lowest BCUT2D eigenvalue weighted by Crippen LogP contribution is -1.97. The molecule has 2 aromatic rings. The molecule has 0 amide bonds. The van der Waals surface area contributed by atoms with Gasteiger partial charge in [-0.3, -0.25) is 10.1 Å². The van der Waals surface area contributed by atoms with Crippen molar-refractivity contribution in [1.82, 2.24) is 4.98 Å². The van der Waals surface area contributed by atoms with Gasteiger partial charge in [0, 0.05) is 17.2 Å². The van der Waals surface area contributed by atoms with Crippen LogP contribution in [0.2, 0.25) is 5.02 Å². The summed E-state index contributed by atoms with van der Waals surface area (Å²) in [4.78, 5) is 13.8. The maximum Gasteiger partial charge on any atom is 0.305 e. The normalized spacial score (nSPS) is 9.85. The molecular formula is C12H5BrClN3O3. The van der Waals surface area contributed by atoms with Gasteiger partial charge in [0.1, 0.15) is 11.8 Å². The maximum atomic E-state index is 10.7. The summed E-state index contributed by atoms with van der Waals surface area (Å²) in [7, 11) is 0. The van der Waals surface area contributed by atoms with Gasteiger partial charge in [0.25, 0.3) is 0 Å². The van der Waals surface area contributed by atoms with Crippen LogP contribution in [0.5, 0.6) is 11.6 Å². The van der Waals surface area contributed by atoms with E-state index in [4.69, 9.17) is 21.6 Å². The summed E-state index contributed by atoms with van der Waals surface area (Å²) in [5.41, 5.74) is -0.674. The van der Waals surface area contributed by atoms with Crippen molar-refractivity contribution < 1.29 is 9.66 Å². The van der Waals surface area contributed by atoms with Gasteiger partial charge >= 0.3 is 5.69 Å². The lowest BCUT2D eigenvalue weighted by molar-refractivity contribution is -0.385. The quantitative estimate of drug-likeness (QED) is 0.612. The number of nitro groups is 1. The van der Waals surface area contributed by atoms with Crippen LogP contribution in [-0.4, -0.2) is 9.91 Å². The van der Waals surface area contributed by atoms with Crippen molar-refractivity contribution in [2.24, 2.45) is 0 Å². The molecular weight excluding hydrogens is 350 g/mol. The van der Waals surface area contributed by atoms with Crippen molar-refractivity contribution in [3.8, 4) is 17.7 Å². The van der Waals surface area contributed by atoms with E-state index < -0.39 is 4.92 Å². The number of hydrogen-bond acceptors (Lipinski definition) is 5. The Morgan fingerprint density at radius 3 is 2.75 bits per heavy atom. The van der Waals surface area contributed by atoms with E-state index in [1.54, 1.807) is 24.3 Å². The fraction of sp³-hybridized carbons (Fsp3) is 0. The first-order chi connectivity index (χ1) is 9.51. The summed E-state index contributed by atoms with van der Waals surface area (Å²) >= 11 is 9.07. The fourth-order valence-electron chi connectivity index (χ4n) is 1.39. The maximum absolute atomic E-state index is 10.7. The number of pyridine rings is 1. The van der Waals surface area contributed by atoms with Gasteiger partial charge in [0.15, 0.2) is 0 Å². The minimum atomic E-state index is -0.673. The van der Waals surface area contributed by atoms with E-state index in [0.29, 0.717) is 15.2 Å². The van der Waals surface area contributed by atoms with Crippen LogP contribution in [0, 0.1) is 21.4 Å². The average molecular weight is 355 g/mol. The van der Waals surface area contributed by atoms with E-state index in [-0.39, 0.29) is 17.3 Å². The van der Waals surface area contributed by atoms with Gasteiger partial charge in [0.2, 0.25) is 11.6 Å². The van der Waals surface area contributed by atoms with E-state index in [1.165, 1.54) is 12.1 Å². The molecule has 1 aromatic heterocycles.